The smallest absolute Gasteiger partial charge is 0.326 e. The van der Waals surface area contributed by atoms with Gasteiger partial charge in [-0.2, -0.15) is 0 Å². The normalized spacial score (nSPS) is 21.8. The van der Waals surface area contributed by atoms with Gasteiger partial charge < -0.3 is 15.3 Å². The van der Waals surface area contributed by atoms with Gasteiger partial charge in [0.05, 0.1) is 0 Å². The average Bonchev–Trinajstić information content (AvgIpc) is 2.59. The Morgan fingerprint density at radius 1 is 1.19 bits per heavy atom. The number of carboxylic acids is 1. The second kappa shape index (κ2) is 7.14. The molecule has 5 nitrogen and oxygen atoms in total. The Bertz CT molecular complexity index is 374. The predicted molar refractivity (Wildman–Crippen MR) is 83.2 cm³/mol. The van der Waals surface area contributed by atoms with Gasteiger partial charge in [0.25, 0.3) is 0 Å². The van der Waals surface area contributed by atoms with Crippen molar-refractivity contribution in [3.05, 3.63) is 0 Å². The molecule has 1 heterocycles. The molecule has 1 saturated heterocycles. The van der Waals surface area contributed by atoms with Crippen molar-refractivity contribution in [1.82, 2.24) is 10.2 Å². The quantitative estimate of drug-likeness (QED) is 0.841. The van der Waals surface area contributed by atoms with Gasteiger partial charge in [-0.25, -0.2) is 9.59 Å². The first-order valence-corrected chi connectivity index (χ1v) is 7.91. The van der Waals surface area contributed by atoms with Crippen molar-refractivity contribution in [2.45, 2.75) is 59.9 Å². The molecule has 1 aliphatic heterocycles. The molecule has 2 N–H and O–H groups in total. The maximum Gasteiger partial charge on any atom is 0.326 e. The number of carbonyl (C=O) groups is 2. The number of carbonyl (C=O) groups excluding carboxylic acids is 1. The van der Waals surface area contributed by atoms with Gasteiger partial charge in [-0.1, -0.05) is 34.6 Å². The molecule has 1 rings (SSSR count). The Labute approximate surface area is 128 Å². The molecular weight excluding hydrogens is 268 g/mol. The van der Waals surface area contributed by atoms with Gasteiger partial charge in [0.2, 0.25) is 0 Å². The molecule has 1 unspecified atom stereocenters. The summed E-state index contributed by atoms with van der Waals surface area (Å²) in [5.41, 5.74) is 0.258. The molecule has 0 spiro atoms. The molecular formula is C16H30N2O3. The van der Waals surface area contributed by atoms with Gasteiger partial charge in [-0.3, -0.25) is 0 Å². The third-order valence-corrected chi connectivity index (χ3v) is 4.45. The number of aliphatic carboxylic acids is 1. The van der Waals surface area contributed by atoms with Crippen molar-refractivity contribution >= 4 is 12.0 Å². The highest BCUT2D eigenvalue weighted by molar-refractivity contribution is 5.82. The number of carboxylic acid groups (broad SMARTS) is 1. The van der Waals surface area contributed by atoms with E-state index in [-0.39, 0.29) is 17.4 Å². The molecule has 2 amide bonds. The van der Waals surface area contributed by atoms with Crippen LogP contribution in [0.25, 0.3) is 0 Å². The molecule has 1 aliphatic rings. The molecule has 0 aromatic heterocycles. The van der Waals surface area contributed by atoms with E-state index in [4.69, 9.17) is 5.11 Å². The van der Waals surface area contributed by atoms with Gasteiger partial charge in [0.1, 0.15) is 6.04 Å². The number of nitrogens with zero attached hydrogens (tertiary/aromatic N) is 1. The number of urea groups is 1. The minimum Gasteiger partial charge on any atom is -0.480 e. The molecule has 122 valence electrons. The van der Waals surface area contributed by atoms with E-state index in [0.717, 1.165) is 19.3 Å². The molecule has 0 aromatic rings. The highest BCUT2D eigenvalue weighted by Gasteiger charge is 2.30. The SMILES string of the molecule is CC(C)[C@@H](NC(=O)N1CCCC(C(C)(C)C)CC1)C(=O)O. The number of rotatable bonds is 3. The van der Waals surface area contributed by atoms with E-state index in [0.29, 0.717) is 19.0 Å². The highest BCUT2D eigenvalue weighted by atomic mass is 16.4. The average molecular weight is 298 g/mol. The van der Waals surface area contributed by atoms with E-state index in [1.165, 1.54) is 0 Å². The third kappa shape index (κ3) is 5.21. The summed E-state index contributed by atoms with van der Waals surface area (Å²) in [6.07, 6.45) is 3.09. The fraction of sp³-hybridized carbons (Fsp3) is 0.875. The van der Waals surface area contributed by atoms with Crippen LogP contribution in [0, 0.1) is 17.3 Å². The summed E-state index contributed by atoms with van der Waals surface area (Å²) in [6.45, 7) is 11.8. The molecule has 0 bridgehead atoms. The topological polar surface area (TPSA) is 69.6 Å². The summed E-state index contributed by atoms with van der Waals surface area (Å²) < 4.78 is 0. The predicted octanol–water partition coefficient (Wildman–Crippen LogP) is 2.95. The van der Waals surface area contributed by atoms with E-state index in [2.05, 4.69) is 26.1 Å². The van der Waals surface area contributed by atoms with Gasteiger partial charge >= 0.3 is 12.0 Å². The molecule has 0 aliphatic carbocycles. The van der Waals surface area contributed by atoms with E-state index in [1.807, 2.05) is 0 Å². The number of amides is 2. The molecule has 0 saturated carbocycles. The van der Waals surface area contributed by atoms with Crippen LogP contribution in [-0.2, 0) is 4.79 Å². The van der Waals surface area contributed by atoms with Crippen molar-refractivity contribution < 1.29 is 14.7 Å². The third-order valence-electron chi connectivity index (χ3n) is 4.45. The first kappa shape index (κ1) is 17.8. The maximum atomic E-state index is 12.3. The van der Waals surface area contributed by atoms with Crippen molar-refractivity contribution in [3.8, 4) is 0 Å². The van der Waals surface area contributed by atoms with Crippen molar-refractivity contribution in [2.75, 3.05) is 13.1 Å². The molecule has 21 heavy (non-hydrogen) atoms. The van der Waals surface area contributed by atoms with Gasteiger partial charge in [0.15, 0.2) is 0 Å². The maximum absolute atomic E-state index is 12.3. The number of hydrogen-bond acceptors (Lipinski definition) is 2. The lowest BCUT2D eigenvalue weighted by molar-refractivity contribution is -0.140. The first-order chi connectivity index (χ1) is 9.62. The van der Waals surface area contributed by atoms with Crippen molar-refractivity contribution in [2.24, 2.45) is 17.3 Å². The first-order valence-electron chi connectivity index (χ1n) is 7.91. The zero-order valence-corrected chi connectivity index (χ0v) is 14.0. The Morgan fingerprint density at radius 3 is 2.29 bits per heavy atom. The lowest BCUT2D eigenvalue weighted by Gasteiger charge is -2.30. The fourth-order valence-electron chi connectivity index (χ4n) is 2.90. The zero-order chi connectivity index (χ0) is 16.2. The molecule has 0 radical (unpaired) electrons. The van der Waals surface area contributed by atoms with Crippen LogP contribution in [0.1, 0.15) is 53.9 Å². The van der Waals surface area contributed by atoms with Crippen LogP contribution in [0.2, 0.25) is 0 Å². The van der Waals surface area contributed by atoms with Crippen LogP contribution in [-0.4, -0.2) is 41.1 Å². The summed E-state index contributed by atoms with van der Waals surface area (Å²) in [5, 5.41) is 11.8. The van der Waals surface area contributed by atoms with Crippen molar-refractivity contribution in [3.63, 3.8) is 0 Å². The second-order valence-electron chi connectivity index (χ2n) is 7.49. The van der Waals surface area contributed by atoms with Gasteiger partial charge in [-0.15, -0.1) is 0 Å². The summed E-state index contributed by atoms with van der Waals surface area (Å²) in [5.74, 6) is -0.489. The lowest BCUT2D eigenvalue weighted by Crippen LogP contribution is -2.50. The fourth-order valence-corrected chi connectivity index (χ4v) is 2.90. The Kier molecular flexibility index (Phi) is 6.05. The van der Waals surface area contributed by atoms with Crippen LogP contribution < -0.4 is 5.32 Å². The Hall–Kier alpha value is -1.26. The van der Waals surface area contributed by atoms with E-state index in [9.17, 15) is 9.59 Å². The van der Waals surface area contributed by atoms with E-state index < -0.39 is 12.0 Å². The summed E-state index contributed by atoms with van der Waals surface area (Å²) in [4.78, 5) is 25.2. The van der Waals surface area contributed by atoms with E-state index in [1.54, 1.807) is 18.7 Å². The van der Waals surface area contributed by atoms with Crippen LogP contribution in [0.4, 0.5) is 4.79 Å². The number of nitrogens with one attached hydrogen (secondary N) is 1. The minimum atomic E-state index is -0.972. The standard InChI is InChI=1S/C16H30N2O3/c1-11(2)13(14(19)20)17-15(21)18-9-6-7-12(8-10-18)16(3,4)5/h11-13H,6-10H2,1-5H3,(H,17,21)(H,19,20)/t12?,13-/m1/s1. The summed E-state index contributed by atoms with van der Waals surface area (Å²) >= 11 is 0. The Balaban J connectivity index is 2.61. The molecule has 1 fully saturated rings. The molecule has 0 aromatic carbocycles. The van der Waals surface area contributed by atoms with Gasteiger partial charge in [0, 0.05) is 13.1 Å². The monoisotopic (exact) mass is 298 g/mol. The second-order valence-corrected chi connectivity index (χ2v) is 7.49. The van der Waals surface area contributed by atoms with Gasteiger partial charge in [-0.05, 0) is 36.5 Å². The molecule has 2 atom stereocenters. The molecule has 5 heteroatoms. The highest BCUT2D eigenvalue weighted by Crippen LogP contribution is 2.34. The van der Waals surface area contributed by atoms with Crippen LogP contribution in [0.3, 0.4) is 0 Å². The summed E-state index contributed by atoms with van der Waals surface area (Å²) in [7, 11) is 0. The zero-order valence-electron chi connectivity index (χ0n) is 14.0. The van der Waals surface area contributed by atoms with Crippen LogP contribution in [0.5, 0.6) is 0 Å². The number of likely N-dealkylation sites (tertiary alicyclic amines) is 1. The lowest BCUT2D eigenvalue weighted by atomic mass is 9.77. The number of hydrogen-bond donors (Lipinski definition) is 2. The minimum absolute atomic E-state index is 0.124. The largest absolute Gasteiger partial charge is 0.480 e. The van der Waals surface area contributed by atoms with Crippen LogP contribution >= 0.6 is 0 Å². The van der Waals surface area contributed by atoms with Crippen LogP contribution in [0.15, 0.2) is 0 Å². The Morgan fingerprint density at radius 2 is 1.81 bits per heavy atom. The van der Waals surface area contributed by atoms with E-state index >= 15 is 0 Å². The van der Waals surface area contributed by atoms with Crippen molar-refractivity contribution in [1.29, 1.82) is 0 Å². The summed E-state index contributed by atoms with van der Waals surface area (Å²) in [6, 6.07) is -1.06.